The van der Waals surface area contributed by atoms with E-state index in [9.17, 15) is 14.8 Å². The number of piperazine rings is 1. The van der Waals surface area contributed by atoms with Crippen LogP contribution in [0.15, 0.2) is 66.1 Å². The molecule has 5 rings (SSSR count). The van der Waals surface area contributed by atoms with Crippen LogP contribution in [0.2, 0.25) is 0 Å². The van der Waals surface area contributed by atoms with Crippen LogP contribution in [0.1, 0.15) is 25.0 Å². The predicted octanol–water partition coefficient (Wildman–Crippen LogP) is 2.76. The zero-order chi connectivity index (χ0) is 28.3. The number of pyridine rings is 2. The third kappa shape index (κ3) is 6.32. The molecule has 2 aromatic rings. The number of aliphatic hydroxyl groups is 1. The monoisotopic (exact) mass is 541 g/mol. The number of nitrogens with zero attached hydrogens (tertiary/aromatic N) is 7. The molecule has 0 aromatic carbocycles. The smallest absolute Gasteiger partial charge is 0.142 e. The Bertz CT molecular complexity index is 1450. The van der Waals surface area contributed by atoms with Crippen molar-refractivity contribution in [1.29, 1.82) is 5.26 Å². The van der Waals surface area contributed by atoms with Gasteiger partial charge in [0.05, 0.1) is 48.4 Å². The maximum atomic E-state index is 13.3. The molecule has 0 unspecified atom stereocenters. The summed E-state index contributed by atoms with van der Waals surface area (Å²) >= 11 is 0. The minimum absolute atomic E-state index is 0.140. The quantitative estimate of drug-likeness (QED) is 0.555. The van der Waals surface area contributed by atoms with Crippen LogP contribution in [0.4, 0.5) is 10.2 Å². The van der Waals surface area contributed by atoms with E-state index in [1.165, 1.54) is 12.3 Å². The fraction of sp³-hybridized carbons (Fsp3) is 0.367. The van der Waals surface area contributed by atoms with Crippen LogP contribution in [0.5, 0.6) is 0 Å². The average molecular weight is 542 g/mol. The molecule has 5 heterocycles. The number of anilines is 1. The summed E-state index contributed by atoms with van der Waals surface area (Å²) in [6.07, 6.45) is 8.32. The largest absolute Gasteiger partial charge is 0.489 e. The van der Waals surface area contributed by atoms with Gasteiger partial charge in [0.15, 0.2) is 0 Å². The highest BCUT2D eigenvalue weighted by Gasteiger charge is 2.33. The van der Waals surface area contributed by atoms with Crippen molar-refractivity contribution in [2.45, 2.75) is 19.4 Å². The SMILES string of the molecule is CN1CC(C#N)=C2C(c3ccc(N4CCN(CC#Cc5cncc(F)c5)CC4)nc3)=CC(OCC(C)(C)O)=CN21. The Morgan fingerprint density at radius 3 is 2.62 bits per heavy atom. The van der Waals surface area contributed by atoms with Gasteiger partial charge >= 0.3 is 0 Å². The Kier molecular flexibility index (Phi) is 7.85. The van der Waals surface area contributed by atoms with E-state index in [0.29, 0.717) is 30.0 Å². The molecular formula is C30H32FN7O2. The van der Waals surface area contributed by atoms with Crippen LogP contribution >= 0.6 is 0 Å². The summed E-state index contributed by atoms with van der Waals surface area (Å²) < 4.78 is 19.2. The highest BCUT2D eigenvalue weighted by molar-refractivity contribution is 5.83. The molecule has 0 saturated carbocycles. The number of hydrazine groups is 1. The first-order chi connectivity index (χ1) is 19.2. The predicted molar refractivity (Wildman–Crippen MR) is 149 cm³/mol. The maximum absolute atomic E-state index is 13.3. The van der Waals surface area contributed by atoms with E-state index in [4.69, 9.17) is 9.72 Å². The van der Waals surface area contributed by atoms with Crippen molar-refractivity contribution in [2.24, 2.45) is 0 Å². The highest BCUT2D eigenvalue weighted by Crippen LogP contribution is 2.38. The van der Waals surface area contributed by atoms with Gasteiger partial charge in [-0.2, -0.15) is 5.26 Å². The molecule has 0 amide bonds. The van der Waals surface area contributed by atoms with E-state index in [1.54, 1.807) is 20.0 Å². The number of hydrogen-bond acceptors (Lipinski definition) is 9. The number of nitriles is 1. The molecule has 0 spiro atoms. The number of fused-ring (bicyclic) bond motifs is 1. The average Bonchev–Trinajstić information content (AvgIpc) is 3.27. The lowest BCUT2D eigenvalue weighted by atomic mass is 9.98. The van der Waals surface area contributed by atoms with Crippen LogP contribution in [-0.4, -0.2) is 88.5 Å². The van der Waals surface area contributed by atoms with Gasteiger partial charge in [-0.3, -0.25) is 14.9 Å². The standard InChI is InChI=1S/C30H32FN7O2/c1-30(2,39)21-40-26-14-27(29-24(15-32)19-35(3)38(29)20-26)23-6-7-28(34-17-23)37-11-9-36(10-12-37)8-4-5-22-13-25(31)18-33-16-22/h6-7,13-14,16-18,20,39H,8-12,19,21H2,1-3H3. The molecule has 1 saturated heterocycles. The molecule has 10 heteroatoms. The molecule has 0 atom stereocenters. The van der Waals surface area contributed by atoms with Crippen LogP contribution in [0, 0.1) is 29.0 Å². The van der Waals surface area contributed by atoms with Gasteiger partial charge in [-0.25, -0.2) is 14.4 Å². The molecule has 0 aliphatic carbocycles. The minimum atomic E-state index is -0.974. The van der Waals surface area contributed by atoms with E-state index in [2.05, 4.69) is 32.7 Å². The molecule has 206 valence electrons. The molecule has 3 aliphatic heterocycles. The third-order valence-corrected chi connectivity index (χ3v) is 6.78. The van der Waals surface area contributed by atoms with Gasteiger partial charge < -0.3 is 14.7 Å². The second kappa shape index (κ2) is 11.5. The molecule has 9 nitrogen and oxygen atoms in total. The molecule has 40 heavy (non-hydrogen) atoms. The summed E-state index contributed by atoms with van der Waals surface area (Å²) in [7, 11) is 1.92. The van der Waals surface area contributed by atoms with E-state index in [0.717, 1.165) is 48.8 Å². The molecule has 2 aromatic heterocycles. The van der Waals surface area contributed by atoms with Crippen molar-refractivity contribution in [3.05, 3.63) is 83.0 Å². The molecule has 1 fully saturated rings. The topological polar surface area (TPSA) is 92.0 Å². The maximum Gasteiger partial charge on any atom is 0.142 e. The van der Waals surface area contributed by atoms with Crippen molar-refractivity contribution in [2.75, 3.05) is 57.8 Å². The summed E-state index contributed by atoms with van der Waals surface area (Å²) in [6.45, 7) is 7.96. The first-order valence-electron chi connectivity index (χ1n) is 13.2. The summed E-state index contributed by atoms with van der Waals surface area (Å²) in [6, 6.07) is 7.76. The van der Waals surface area contributed by atoms with Crippen molar-refractivity contribution < 1.29 is 14.2 Å². The van der Waals surface area contributed by atoms with E-state index >= 15 is 0 Å². The van der Waals surface area contributed by atoms with Crippen LogP contribution < -0.4 is 4.90 Å². The number of rotatable bonds is 6. The summed E-state index contributed by atoms with van der Waals surface area (Å²) in [5.74, 6) is 7.20. The highest BCUT2D eigenvalue weighted by atomic mass is 19.1. The number of hydrogen-bond donors (Lipinski definition) is 1. The Morgan fingerprint density at radius 1 is 1.15 bits per heavy atom. The van der Waals surface area contributed by atoms with Gasteiger partial charge in [0.2, 0.25) is 0 Å². The normalized spacial score (nSPS) is 18.0. The minimum Gasteiger partial charge on any atom is -0.489 e. The first-order valence-corrected chi connectivity index (χ1v) is 13.2. The van der Waals surface area contributed by atoms with Gasteiger partial charge in [0.25, 0.3) is 0 Å². The number of allylic oxidation sites excluding steroid dienone is 2. The lowest BCUT2D eigenvalue weighted by molar-refractivity contribution is 0.00296. The van der Waals surface area contributed by atoms with Gasteiger partial charge in [-0.05, 0) is 38.1 Å². The number of aromatic nitrogens is 2. The zero-order valence-electron chi connectivity index (χ0n) is 22.9. The molecular weight excluding hydrogens is 509 g/mol. The fourth-order valence-electron chi connectivity index (χ4n) is 4.75. The fourth-order valence-corrected chi connectivity index (χ4v) is 4.75. The van der Waals surface area contributed by atoms with E-state index in [1.807, 2.05) is 47.7 Å². The van der Waals surface area contributed by atoms with Crippen LogP contribution in [-0.2, 0) is 4.74 Å². The molecule has 3 aliphatic rings. The first kappa shape index (κ1) is 27.4. The Balaban J connectivity index is 1.26. The summed E-state index contributed by atoms with van der Waals surface area (Å²) in [5, 5.41) is 23.8. The summed E-state index contributed by atoms with van der Waals surface area (Å²) in [5.41, 5.74) is 2.82. The van der Waals surface area contributed by atoms with Crippen LogP contribution in [0.25, 0.3) is 5.57 Å². The van der Waals surface area contributed by atoms with Gasteiger partial charge in [-0.1, -0.05) is 11.8 Å². The van der Waals surface area contributed by atoms with Gasteiger partial charge in [0, 0.05) is 62.3 Å². The lowest BCUT2D eigenvalue weighted by Gasteiger charge is -2.34. The van der Waals surface area contributed by atoms with Gasteiger partial charge in [-0.15, -0.1) is 0 Å². The second-order valence-electron chi connectivity index (χ2n) is 10.7. The number of ether oxygens (including phenoxy) is 1. The van der Waals surface area contributed by atoms with Crippen LogP contribution in [0.3, 0.4) is 0 Å². The summed E-state index contributed by atoms with van der Waals surface area (Å²) in [4.78, 5) is 13.1. The van der Waals surface area contributed by atoms with Crippen molar-refractivity contribution in [3.8, 4) is 17.9 Å². The third-order valence-electron chi connectivity index (χ3n) is 6.78. The molecule has 1 N–H and O–H groups in total. The number of likely N-dealkylation sites (N-methyl/N-ethyl adjacent to an activating group) is 1. The van der Waals surface area contributed by atoms with Crippen molar-refractivity contribution in [1.82, 2.24) is 24.9 Å². The lowest BCUT2D eigenvalue weighted by Crippen LogP contribution is -2.46. The Hall–Kier alpha value is -4.22. The van der Waals surface area contributed by atoms with E-state index < -0.39 is 5.60 Å². The number of halogens is 1. The van der Waals surface area contributed by atoms with Gasteiger partial charge in [0.1, 0.15) is 24.0 Å². The second-order valence-corrected chi connectivity index (χ2v) is 10.7. The molecule has 0 bridgehead atoms. The Labute approximate surface area is 234 Å². The van der Waals surface area contributed by atoms with E-state index in [-0.39, 0.29) is 12.4 Å². The zero-order valence-corrected chi connectivity index (χ0v) is 22.9. The van der Waals surface area contributed by atoms with Crippen molar-refractivity contribution in [3.63, 3.8) is 0 Å². The Morgan fingerprint density at radius 2 is 1.95 bits per heavy atom. The molecule has 0 radical (unpaired) electrons. The van der Waals surface area contributed by atoms with Crippen molar-refractivity contribution >= 4 is 11.4 Å².